The van der Waals surface area contributed by atoms with Gasteiger partial charge < -0.3 is 25.3 Å². The molecule has 1 heterocycles. The zero-order valence-corrected chi connectivity index (χ0v) is 24.1. The highest BCUT2D eigenvalue weighted by molar-refractivity contribution is 5.99. The maximum absolute atomic E-state index is 13.4. The maximum Gasteiger partial charge on any atom is 0.317 e. The first-order valence-corrected chi connectivity index (χ1v) is 14.8. The van der Waals surface area contributed by atoms with Gasteiger partial charge in [0.1, 0.15) is 18.2 Å². The summed E-state index contributed by atoms with van der Waals surface area (Å²) in [4.78, 5) is 44.3. The van der Waals surface area contributed by atoms with Crippen molar-refractivity contribution in [1.29, 1.82) is 0 Å². The predicted molar refractivity (Wildman–Crippen MR) is 162 cm³/mol. The second-order valence-electron chi connectivity index (χ2n) is 11.1. The third-order valence-corrected chi connectivity index (χ3v) is 8.02. The summed E-state index contributed by atoms with van der Waals surface area (Å²) in [6.45, 7) is 2.54. The highest BCUT2D eigenvalue weighted by Crippen LogP contribution is 2.21. The fraction of sp³-hybridized carbons (Fsp3) is 0.364. The number of nitrogens with zero attached hydrogens (tertiary/aromatic N) is 3. The monoisotopic (exact) mass is 589 g/mol. The molecule has 8 nitrogen and oxygen atoms in total. The Hall–Kier alpha value is -4.47. The number of piperazine rings is 1. The van der Waals surface area contributed by atoms with Gasteiger partial charge in [0.15, 0.2) is 0 Å². The van der Waals surface area contributed by atoms with Crippen molar-refractivity contribution in [2.75, 3.05) is 42.9 Å². The van der Waals surface area contributed by atoms with E-state index in [0.29, 0.717) is 37.4 Å². The smallest absolute Gasteiger partial charge is 0.317 e. The number of halogens is 2. The van der Waals surface area contributed by atoms with Gasteiger partial charge in [-0.25, -0.2) is 13.6 Å². The summed E-state index contributed by atoms with van der Waals surface area (Å²) in [7, 11) is 0. The molecule has 4 amide bonds. The average molecular weight is 590 g/mol. The molecule has 0 unspecified atom stereocenters. The Bertz CT molecular complexity index is 1390. The van der Waals surface area contributed by atoms with Gasteiger partial charge in [0, 0.05) is 55.7 Å². The van der Waals surface area contributed by atoms with E-state index >= 15 is 0 Å². The molecule has 1 aliphatic carbocycles. The first kappa shape index (κ1) is 30.0. The van der Waals surface area contributed by atoms with Crippen LogP contribution in [0.5, 0.6) is 0 Å². The molecule has 1 saturated heterocycles. The van der Waals surface area contributed by atoms with E-state index in [-0.39, 0.29) is 30.7 Å². The second-order valence-corrected chi connectivity index (χ2v) is 11.1. The van der Waals surface area contributed by atoms with Gasteiger partial charge in [-0.05, 0) is 79.1 Å². The number of rotatable bonds is 8. The van der Waals surface area contributed by atoms with Gasteiger partial charge in [-0.3, -0.25) is 9.59 Å². The standard InChI is InChI=1S/C33H37F2N5O3/c34-26-10-6-24(7-11-26)22-40(32(42)25-8-12-27(35)13-9-25)23-31(41)36-29-14-16-30(17-15-29)38-18-20-39(21-19-38)33(43)37-28-4-2-1-3-5-28/h6-17,28H,1-5,18-23H2,(H,36,41)(H,37,43). The van der Waals surface area contributed by atoms with Crippen molar-refractivity contribution in [1.82, 2.24) is 15.1 Å². The molecule has 0 aromatic heterocycles. The summed E-state index contributed by atoms with van der Waals surface area (Å²) < 4.78 is 26.8. The summed E-state index contributed by atoms with van der Waals surface area (Å²) in [5.74, 6) is -1.71. The second kappa shape index (κ2) is 14.1. The minimum absolute atomic E-state index is 0.0241. The Kier molecular flexibility index (Phi) is 9.86. The lowest BCUT2D eigenvalue weighted by molar-refractivity contribution is -0.117. The molecule has 0 atom stereocenters. The van der Waals surface area contributed by atoms with Crippen LogP contribution in [0.25, 0.3) is 0 Å². The number of urea groups is 1. The van der Waals surface area contributed by atoms with E-state index in [1.165, 1.54) is 60.6 Å². The van der Waals surface area contributed by atoms with Crippen molar-refractivity contribution in [3.8, 4) is 0 Å². The molecule has 0 spiro atoms. The van der Waals surface area contributed by atoms with Gasteiger partial charge in [-0.2, -0.15) is 0 Å². The number of anilines is 2. The van der Waals surface area contributed by atoms with Crippen molar-refractivity contribution in [3.05, 3.63) is 95.6 Å². The van der Waals surface area contributed by atoms with E-state index in [0.717, 1.165) is 18.5 Å². The van der Waals surface area contributed by atoms with Crippen LogP contribution in [0, 0.1) is 11.6 Å². The topological polar surface area (TPSA) is 85.0 Å². The lowest BCUT2D eigenvalue weighted by Crippen LogP contribution is -2.53. The zero-order valence-electron chi connectivity index (χ0n) is 24.1. The van der Waals surface area contributed by atoms with Crippen molar-refractivity contribution in [3.63, 3.8) is 0 Å². The van der Waals surface area contributed by atoms with Crippen LogP contribution in [0.4, 0.5) is 25.0 Å². The molecule has 1 saturated carbocycles. The number of benzene rings is 3. The molecule has 43 heavy (non-hydrogen) atoms. The quantitative estimate of drug-likeness (QED) is 0.368. The molecular formula is C33H37F2N5O3. The number of carbonyl (C=O) groups is 3. The van der Waals surface area contributed by atoms with Crippen LogP contribution >= 0.6 is 0 Å². The van der Waals surface area contributed by atoms with Crippen molar-refractivity contribution in [2.45, 2.75) is 44.7 Å². The van der Waals surface area contributed by atoms with Gasteiger partial charge in [0.25, 0.3) is 5.91 Å². The van der Waals surface area contributed by atoms with Gasteiger partial charge in [-0.15, -0.1) is 0 Å². The molecule has 226 valence electrons. The van der Waals surface area contributed by atoms with Gasteiger partial charge in [0.2, 0.25) is 5.91 Å². The molecule has 0 radical (unpaired) electrons. The number of carbonyl (C=O) groups excluding carboxylic acids is 3. The van der Waals surface area contributed by atoms with Gasteiger partial charge in [-0.1, -0.05) is 31.4 Å². The number of hydrogen-bond donors (Lipinski definition) is 2. The maximum atomic E-state index is 13.4. The number of hydrogen-bond acceptors (Lipinski definition) is 4. The van der Waals surface area contributed by atoms with E-state index in [9.17, 15) is 23.2 Å². The highest BCUT2D eigenvalue weighted by Gasteiger charge is 2.24. The molecule has 10 heteroatoms. The van der Waals surface area contributed by atoms with Gasteiger partial charge >= 0.3 is 6.03 Å². The Balaban J connectivity index is 1.15. The first-order chi connectivity index (χ1) is 20.8. The number of amides is 4. The molecule has 0 bridgehead atoms. The predicted octanol–water partition coefficient (Wildman–Crippen LogP) is 5.41. The molecule has 1 aliphatic heterocycles. The Morgan fingerprint density at radius 3 is 2.00 bits per heavy atom. The van der Waals surface area contributed by atoms with Crippen LogP contribution in [0.2, 0.25) is 0 Å². The molecule has 3 aromatic rings. The summed E-state index contributed by atoms with van der Waals surface area (Å²) in [6, 6.07) is 18.6. The largest absolute Gasteiger partial charge is 0.368 e. The Labute approximate surface area is 250 Å². The van der Waals surface area contributed by atoms with Crippen molar-refractivity contribution >= 4 is 29.2 Å². The molecular weight excluding hydrogens is 552 g/mol. The van der Waals surface area contributed by atoms with E-state index in [1.54, 1.807) is 12.1 Å². The first-order valence-electron chi connectivity index (χ1n) is 14.8. The van der Waals surface area contributed by atoms with Crippen LogP contribution in [-0.4, -0.2) is 66.4 Å². The van der Waals surface area contributed by atoms with E-state index < -0.39 is 23.4 Å². The summed E-state index contributed by atoms with van der Waals surface area (Å²) in [5.41, 5.74) is 2.47. The van der Waals surface area contributed by atoms with Crippen molar-refractivity contribution < 1.29 is 23.2 Å². The number of nitrogens with one attached hydrogen (secondary N) is 2. The minimum Gasteiger partial charge on any atom is -0.368 e. The summed E-state index contributed by atoms with van der Waals surface area (Å²) in [5, 5.41) is 6.03. The fourth-order valence-electron chi connectivity index (χ4n) is 5.59. The summed E-state index contributed by atoms with van der Waals surface area (Å²) >= 11 is 0. The SMILES string of the molecule is O=C(CN(Cc1ccc(F)cc1)C(=O)c1ccc(F)cc1)Nc1ccc(N2CCN(C(=O)NC3CCCCC3)CC2)cc1. The van der Waals surface area contributed by atoms with Gasteiger partial charge in [0.05, 0.1) is 0 Å². The third kappa shape index (κ3) is 8.30. The lowest BCUT2D eigenvalue weighted by Gasteiger charge is -2.37. The van der Waals surface area contributed by atoms with Crippen LogP contribution in [0.3, 0.4) is 0 Å². The van der Waals surface area contributed by atoms with E-state index in [2.05, 4.69) is 15.5 Å². The van der Waals surface area contributed by atoms with E-state index in [4.69, 9.17) is 0 Å². The Morgan fingerprint density at radius 1 is 0.767 bits per heavy atom. The lowest BCUT2D eigenvalue weighted by atomic mass is 9.96. The normalized spacial score (nSPS) is 15.6. The zero-order chi connectivity index (χ0) is 30.2. The molecule has 2 aliphatic rings. The van der Waals surface area contributed by atoms with Crippen LogP contribution in [0.15, 0.2) is 72.8 Å². The molecule has 2 N–H and O–H groups in total. The average Bonchev–Trinajstić information content (AvgIpc) is 3.03. The highest BCUT2D eigenvalue weighted by atomic mass is 19.1. The summed E-state index contributed by atoms with van der Waals surface area (Å²) in [6.07, 6.45) is 5.73. The molecule has 5 rings (SSSR count). The van der Waals surface area contributed by atoms with Crippen molar-refractivity contribution in [2.24, 2.45) is 0 Å². The third-order valence-electron chi connectivity index (χ3n) is 8.02. The van der Waals surface area contributed by atoms with Crippen LogP contribution in [0.1, 0.15) is 48.0 Å². The molecule has 2 fully saturated rings. The van der Waals surface area contributed by atoms with Crippen LogP contribution in [-0.2, 0) is 11.3 Å². The van der Waals surface area contributed by atoms with Crippen LogP contribution < -0.4 is 15.5 Å². The van der Waals surface area contributed by atoms with E-state index in [1.807, 2.05) is 29.2 Å². The Morgan fingerprint density at radius 2 is 1.37 bits per heavy atom. The fourth-order valence-corrected chi connectivity index (χ4v) is 5.59. The minimum atomic E-state index is -0.468. The molecule has 3 aromatic carbocycles.